The molecule has 2 aliphatic rings. The van der Waals surface area contributed by atoms with E-state index in [2.05, 4.69) is 37.5 Å². The number of halogens is 1. The summed E-state index contributed by atoms with van der Waals surface area (Å²) >= 11 is 4.99. The average Bonchev–Trinajstić information content (AvgIpc) is 3.46. The maximum absolute atomic E-state index is 13.5. The number of benzene rings is 2. The fourth-order valence-corrected chi connectivity index (χ4v) is 5.58. The fraction of sp³-hybridized carbons (Fsp3) is 0.259. The van der Waals surface area contributed by atoms with Gasteiger partial charge < -0.3 is 9.30 Å². The second kappa shape index (κ2) is 11.4. The molecule has 5 rings (SSSR count). The third-order valence-corrected chi connectivity index (χ3v) is 7.47. The highest BCUT2D eigenvalue weighted by atomic mass is 79.9. The Hall–Kier alpha value is -2.65. The molecular formula is C27H27BrN4O2S. The third kappa shape index (κ3) is 5.95. The van der Waals surface area contributed by atoms with Crippen LogP contribution in [0.4, 0.5) is 5.69 Å². The number of para-hydroxylation sites is 1. The molecule has 0 radical (unpaired) electrons. The van der Waals surface area contributed by atoms with Gasteiger partial charge in [0.05, 0.1) is 23.8 Å². The van der Waals surface area contributed by atoms with Crippen LogP contribution in [-0.4, -0.2) is 64.8 Å². The van der Waals surface area contributed by atoms with E-state index < -0.39 is 0 Å². The van der Waals surface area contributed by atoms with Crippen LogP contribution in [0.2, 0.25) is 0 Å². The van der Waals surface area contributed by atoms with Crippen molar-refractivity contribution in [2.24, 2.45) is 4.99 Å². The minimum absolute atomic E-state index is 0.00801. The number of aromatic nitrogens is 1. The van der Waals surface area contributed by atoms with E-state index in [1.165, 1.54) is 11.8 Å². The molecule has 2 fully saturated rings. The van der Waals surface area contributed by atoms with Gasteiger partial charge in [0.1, 0.15) is 0 Å². The SMILES string of the molecule is O=C1/C(=C/c2cccn2-c2cccc(Br)c2)SC(=Nc2ccccc2)N1CCCN1CCOCC1. The van der Waals surface area contributed by atoms with Gasteiger partial charge in [0.2, 0.25) is 0 Å². The van der Waals surface area contributed by atoms with Crippen LogP contribution < -0.4 is 0 Å². The van der Waals surface area contributed by atoms with E-state index in [9.17, 15) is 4.79 Å². The highest BCUT2D eigenvalue weighted by Crippen LogP contribution is 2.34. The number of amides is 1. The topological polar surface area (TPSA) is 50.1 Å². The van der Waals surface area contributed by atoms with Crippen molar-refractivity contribution in [3.63, 3.8) is 0 Å². The lowest BCUT2D eigenvalue weighted by atomic mass is 10.3. The first-order chi connectivity index (χ1) is 17.2. The highest BCUT2D eigenvalue weighted by molar-refractivity contribution is 9.10. The van der Waals surface area contributed by atoms with Gasteiger partial charge in [-0.15, -0.1) is 0 Å². The predicted molar refractivity (Wildman–Crippen MR) is 146 cm³/mol. The molecule has 2 aliphatic heterocycles. The van der Waals surface area contributed by atoms with Crippen molar-refractivity contribution in [2.45, 2.75) is 6.42 Å². The average molecular weight is 552 g/mol. The van der Waals surface area contributed by atoms with E-state index in [0.717, 1.165) is 66.0 Å². The highest BCUT2D eigenvalue weighted by Gasteiger charge is 2.33. The molecule has 0 bridgehead atoms. The molecular weight excluding hydrogens is 524 g/mol. The normalized spacial score (nSPS) is 19.2. The number of carbonyl (C=O) groups is 1. The summed E-state index contributed by atoms with van der Waals surface area (Å²) in [5.41, 5.74) is 2.83. The molecule has 2 aromatic carbocycles. The second-order valence-electron chi connectivity index (χ2n) is 8.39. The van der Waals surface area contributed by atoms with Gasteiger partial charge in [0.15, 0.2) is 5.17 Å². The van der Waals surface area contributed by atoms with Gasteiger partial charge in [-0.05, 0) is 66.7 Å². The van der Waals surface area contributed by atoms with Crippen molar-refractivity contribution in [3.05, 3.63) is 88.0 Å². The Labute approximate surface area is 218 Å². The van der Waals surface area contributed by atoms with E-state index in [1.54, 1.807) is 0 Å². The molecule has 0 spiro atoms. The summed E-state index contributed by atoms with van der Waals surface area (Å²) in [6.07, 6.45) is 4.87. The fourth-order valence-electron chi connectivity index (χ4n) is 4.19. The van der Waals surface area contributed by atoms with Crippen LogP contribution in [0.15, 0.2) is 87.3 Å². The number of morpholine rings is 1. The Morgan fingerprint density at radius 3 is 2.63 bits per heavy atom. The minimum atomic E-state index is 0.00801. The van der Waals surface area contributed by atoms with Crippen molar-refractivity contribution in [1.29, 1.82) is 0 Å². The zero-order valence-corrected chi connectivity index (χ0v) is 21.7. The van der Waals surface area contributed by atoms with E-state index in [0.29, 0.717) is 11.4 Å². The first-order valence-electron chi connectivity index (χ1n) is 11.8. The molecule has 35 heavy (non-hydrogen) atoms. The second-order valence-corrected chi connectivity index (χ2v) is 10.3. The predicted octanol–water partition coefficient (Wildman–Crippen LogP) is 5.57. The Kier molecular flexibility index (Phi) is 7.83. The Morgan fingerprint density at radius 2 is 1.83 bits per heavy atom. The molecule has 2 saturated heterocycles. The molecule has 6 nitrogen and oxygen atoms in total. The van der Waals surface area contributed by atoms with Gasteiger partial charge in [0.25, 0.3) is 5.91 Å². The summed E-state index contributed by atoms with van der Waals surface area (Å²) < 4.78 is 8.55. The molecule has 180 valence electrons. The largest absolute Gasteiger partial charge is 0.379 e. The molecule has 0 unspecified atom stereocenters. The first kappa shape index (κ1) is 24.1. The van der Waals surface area contributed by atoms with Crippen LogP contribution in [0.1, 0.15) is 12.1 Å². The molecule has 8 heteroatoms. The standard InChI is InChI=1S/C27H27BrN4O2S/c28-21-7-4-10-23(19-21)31-13-5-11-24(31)20-25-26(33)32(14-6-12-30-15-17-34-18-16-30)27(35-25)29-22-8-2-1-3-9-22/h1-5,7-11,13,19-20H,6,12,14-18H2/b25-20-,29-27?. The maximum Gasteiger partial charge on any atom is 0.266 e. The van der Waals surface area contributed by atoms with Crippen LogP contribution in [-0.2, 0) is 9.53 Å². The smallest absolute Gasteiger partial charge is 0.266 e. The third-order valence-electron chi connectivity index (χ3n) is 5.97. The number of nitrogens with zero attached hydrogens (tertiary/aromatic N) is 4. The van der Waals surface area contributed by atoms with Crippen LogP contribution in [0.3, 0.4) is 0 Å². The molecule has 1 amide bonds. The van der Waals surface area contributed by atoms with E-state index in [-0.39, 0.29) is 5.91 Å². The monoisotopic (exact) mass is 550 g/mol. The molecule has 3 aromatic rings. The summed E-state index contributed by atoms with van der Waals surface area (Å²) in [6, 6.07) is 22.0. The number of hydrogen-bond acceptors (Lipinski definition) is 5. The summed E-state index contributed by atoms with van der Waals surface area (Å²) in [7, 11) is 0. The van der Waals surface area contributed by atoms with Crippen molar-refractivity contribution < 1.29 is 9.53 Å². The summed E-state index contributed by atoms with van der Waals surface area (Å²) in [5.74, 6) is 0.00801. The van der Waals surface area contributed by atoms with E-state index in [1.807, 2.05) is 71.8 Å². The van der Waals surface area contributed by atoms with Gasteiger partial charge in [0, 0.05) is 48.2 Å². The Bertz CT molecular complexity index is 1230. The van der Waals surface area contributed by atoms with Crippen LogP contribution in [0, 0.1) is 0 Å². The maximum atomic E-state index is 13.5. The van der Waals surface area contributed by atoms with Gasteiger partial charge in [-0.3, -0.25) is 14.6 Å². The summed E-state index contributed by atoms with van der Waals surface area (Å²) in [5, 5.41) is 0.731. The van der Waals surface area contributed by atoms with Crippen molar-refractivity contribution in [1.82, 2.24) is 14.4 Å². The van der Waals surface area contributed by atoms with Crippen molar-refractivity contribution in [2.75, 3.05) is 39.4 Å². The molecule has 0 saturated carbocycles. The van der Waals surface area contributed by atoms with Crippen LogP contribution in [0.25, 0.3) is 11.8 Å². The Balaban J connectivity index is 1.39. The van der Waals surface area contributed by atoms with Gasteiger partial charge in [-0.2, -0.15) is 0 Å². The molecule has 3 heterocycles. The molecule has 0 N–H and O–H groups in total. The number of ether oxygens (including phenoxy) is 1. The molecule has 0 aliphatic carbocycles. The summed E-state index contributed by atoms with van der Waals surface area (Å²) in [6.45, 7) is 5.05. The number of thioether (sulfide) groups is 1. The van der Waals surface area contributed by atoms with Gasteiger partial charge >= 0.3 is 0 Å². The number of hydrogen-bond donors (Lipinski definition) is 0. The number of rotatable bonds is 7. The number of aliphatic imine (C=N–C) groups is 1. The lowest BCUT2D eigenvalue weighted by Crippen LogP contribution is -2.38. The molecule has 0 atom stereocenters. The van der Waals surface area contributed by atoms with Crippen molar-refractivity contribution in [3.8, 4) is 5.69 Å². The zero-order valence-electron chi connectivity index (χ0n) is 19.3. The van der Waals surface area contributed by atoms with E-state index >= 15 is 0 Å². The van der Waals surface area contributed by atoms with Crippen LogP contribution in [0.5, 0.6) is 0 Å². The van der Waals surface area contributed by atoms with Gasteiger partial charge in [-0.1, -0.05) is 40.2 Å². The minimum Gasteiger partial charge on any atom is -0.379 e. The lowest BCUT2D eigenvalue weighted by Gasteiger charge is -2.27. The summed E-state index contributed by atoms with van der Waals surface area (Å²) in [4.78, 5) is 23.3. The first-order valence-corrected chi connectivity index (χ1v) is 13.4. The van der Waals surface area contributed by atoms with Crippen LogP contribution >= 0.6 is 27.7 Å². The zero-order chi connectivity index (χ0) is 24.0. The lowest BCUT2D eigenvalue weighted by molar-refractivity contribution is -0.122. The Morgan fingerprint density at radius 1 is 1.00 bits per heavy atom. The number of amidine groups is 1. The quantitative estimate of drug-likeness (QED) is 0.361. The molecule has 1 aromatic heterocycles. The van der Waals surface area contributed by atoms with Crippen molar-refractivity contribution >= 4 is 50.5 Å². The van der Waals surface area contributed by atoms with E-state index in [4.69, 9.17) is 9.73 Å². The number of carbonyl (C=O) groups excluding carboxylic acids is 1. The van der Waals surface area contributed by atoms with Gasteiger partial charge in [-0.25, -0.2) is 4.99 Å².